The van der Waals surface area contributed by atoms with Crippen LogP contribution in [-0.2, 0) is 6.18 Å². The molecule has 0 amide bonds. The van der Waals surface area contributed by atoms with Gasteiger partial charge in [0.15, 0.2) is 5.69 Å². The van der Waals surface area contributed by atoms with E-state index in [9.17, 15) is 22.7 Å². The predicted octanol–water partition coefficient (Wildman–Crippen LogP) is 2.98. The van der Waals surface area contributed by atoms with Crippen LogP contribution in [-0.4, -0.2) is 37.3 Å². The molecule has 142 valence electrons. The summed E-state index contributed by atoms with van der Waals surface area (Å²) in [4.78, 5) is 8.96. The maximum atomic E-state index is 13.2. The van der Waals surface area contributed by atoms with Crippen LogP contribution in [0.3, 0.4) is 0 Å². The third-order valence-corrected chi connectivity index (χ3v) is 4.43. The minimum atomic E-state index is -4.63. The summed E-state index contributed by atoms with van der Waals surface area (Å²) >= 11 is 0. The van der Waals surface area contributed by atoms with Gasteiger partial charge in [-0.3, -0.25) is 0 Å². The second-order valence-corrected chi connectivity index (χ2v) is 6.42. The summed E-state index contributed by atoms with van der Waals surface area (Å²) in [7, 11) is 0. The molecule has 2 aromatic heterocycles. The Labute approximate surface area is 151 Å². The number of hydrogen-bond donors (Lipinski definition) is 1. The predicted molar refractivity (Wildman–Crippen MR) is 87.5 cm³/mol. The van der Waals surface area contributed by atoms with Crippen LogP contribution < -0.4 is 4.90 Å². The zero-order valence-electron chi connectivity index (χ0n) is 13.9. The van der Waals surface area contributed by atoms with Crippen molar-refractivity contribution >= 4 is 11.6 Å². The lowest BCUT2D eigenvalue weighted by Crippen LogP contribution is -2.33. The van der Waals surface area contributed by atoms with Crippen molar-refractivity contribution in [2.45, 2.75) is 31.2 Å². The fourth-order valence-corrected chi connectivity index (χ4v) is 2.94. The summed E-state index contributed by atoms with van der Waals surface area (Å²) < 4.78 is 54.0. The zero-order valence-corrected chi connectivity index (χ0v) is 13.9. The fraction of sp³-hybridized carbons (Fsp3) is 0.353. The van der Waals surface area contributed by atoms with Gasteiger partial charge in [-0.15, -0.1) is 0 Å². The summed E-state index contributed by atoms with van der Waals surface area (Å²) in [5.74, 6) is -0.437. The molecule has 1 unspecified atom stereocenters. The molecule has 4 rings (SSSR count). The van der Waals surface area contributed by atoms with Gasteiger partial charge in [-0.2, -0.15) is 27.8 Å². The minimum Gasteiger partial charge on any atom is -0.387 e. The van der Waals surface area contributed by atoms with E-state index in [1.54, 1.807) is 4.90 Å². The molecule has 0 saturated heterocycles. The van der Waals surface area contributed by atoms with E-state index in [-0.39, 0.29) is 24.2 Å². The van der Waals surface area contributed by atoms with Crippen molar-refractivity contribution < 1.29 is 22.7 Å². The molecule has 1 aromatic carbocycles. The van der Waals surface area contributed by atoms with Crippen molar-refractivity contribution in [3.63, 3.8) is 0 Å². The van der Waals surface area contributed by atoms with E-state index in [4.69, 9.17) is 0 Å². The molecule has 10 heteroatoms. The Bertz CT molecular complexity index is 952. The fourth-order valence-electron chi connectivity index (χ4n) is 2.94. The molecule has 1 saturated carbocycles. The number of alkyl halides is 3. The number of nitrogens with zero attached hydrogens (tertiary/aromatic N) is 5. The largest absolute Gasteiger partial charge is 0.433 e. The molecular formula is C17H15F4N5O. The van der Waals surface area contributed by atoms with Crippen LogP contribution in [0.25, 0.3) is 5.78 Å². The average molecular weight is 381 g/mol. The quantitative estimate of drug-likeness (QED) is 0.689. The Kier molecular flexibility index (Phi) is 4.22. The van der Waals surface area contributed by atoms with Crippen molar-refractivity contribution in [2.75, 3.05) is 11.4 Å². The van der Waals surface area contributed by atoms with E-state index in [1.165, 1.54) is 28.8 Å². The van der Waals surface area contributed by atoms with E-state index in [0.29, 0.717) is 5.56 Å². The van der Waals surface area contributed by atoms with Crippen LogP contribution in [0.15, 0.2) is 36.7 Å². The first-order valence-electron chi connectivity index (χ1n) is 8.31. The van der Waals surface area contributed by atoms with E-state index in [0.717, 1.165) is 25.2 Å². The number of aliphatic hydroxyl groups is 1. The topological polar surface area (TPSA) is 66.5 Å². The lowest BCUT2D eigenvalue weighted by molar-refractivity contribution is -0.141. The second-order valence-electron chi connectivity index (χ2n) is 6.42. The lowest BCUT2D eigenvalue weighted by Gasteiger charge is -2.28. The van der Waals surface area contributed by atoms with E-state index >= 15 is 0 Å². The molecule has 2 heterocycles. The Morgan fingerprint density at radius 2 is 1.93 bits per heavy atom. The minimum absolute atomic E-state index is 0.0176. The molecule has 1 aliphatic carbocycles. The van der Waals surface area contributed by atoms with Crippen LogP contribution in [0, 0.1) is 5.82 Å². The number of rotatable bonds is 5. The van der Waals surface area contributed by atoms with Crippen LogP contribution >= 0.6 is 0 Å². The second kappa shape index (κ2) is 6.45. The zero-order chi connectivity index (χ0) is 19.2. The van der Waals surface area contributed by atoms with E-state index in [2.05, 4.69) is 15.1 Å². The Morgan fingerprint density at radius 1 is 1.22 bits per heavy atom. The molecule has 0 bridgehead atoms. The van der Waals surface area contributed by atoms with Gasteiger partial charge in [-0.05, 0) is 30.5 Å². The molecule has 1 atom stereocenters. The molecule has 0 radical (unpaired) electrons. The molecule has 6 nitrogen and oxygen atoms in total. The molecule has 1 N–H and O–H groups in total. The number of aliphatic hydroxyl groups excluding tert-OH is 1. The van der Waals surface area contributed by atoms with Gasteiger partial charge in [0.05, 0.1) is 6.10 Å². The monoisotopic (exact) mass is 381 g/mol. The van der Waals surface area contributed by atoms with E-state index in [1.807, 2.05) is 0 Å². The summed E-state index contributed by atoms with van der Waals surface area (Å²) in [6.45, 7) is 0.0343. The van der Waals surface area contributed by atoms with Gasteiger partial charge in [0.1, 0.15) is 18.0 Å². The average Bonchev–Trinajstić information content (AvgIpc) is 3.35. The molecule has 3 aromatic rings. The molecule has 0 aliphatic heterocycles. The van der Waals surface area contributed by atoms with Crippen LogP contribution in [0.5, 0.6) is 0 Å². The van der Waals surface area contributed by atoms with Crippen LogP contribution in [0.4, 0.5) is 23.4 Å². The lowest BCUT2D eigenvalue weighted by atomic mass is 10.1. The Balaban J connectivity index is 1.72. The molecule has 1 fully saturated rings. The van der Waals surface area contributed by atoms with Gasteiger partial charge in [0.25, 0.3) is 5.78 Å². The first kappa shape index (κ1) is 17.7. The van der Waals surface area contributed by atoms with Crippen molar-refractivity contribution in [1.29, 1.82) is 0 Å². The van der Waals surface area contributed by atoms with Gasteiger partial charge < -0.3 is 10.0 Å². The third kappa shape index (κ3) is 3.57. The highest BCUT2D eigenvalue weighted by Crippen LogP contribution is 2.36. The summed E-state index contributed by atoms with van der Waals surface area (Å²) in [5.41, 5.74) is -0.595. The number of hydrogen-bond acceptors (Lipinski definition) is 5. The van der Waals surface area contributed by atoms with Gasteiger partial charge in [0.2, 0.25) is 0 Å². The standard InChI is InChI=1S/C17H15F4N5O/c18-11-3-1-10(2-4-11)13(27)8-25(12-5-6-12)15-7-14(17(19,20)21)24-16-22-9-23-26(15)16/h1-4,7,9,12-13,27H,5-6,8H2. The van der Waals surface area contributed by atoms with Crippen molar-refractivity contribution in [2.24, 2.45) is 0 Å². The highest BCUT2D eigenvalue weighted by atomic mass is 19.4. The summed E-state index contributed by atoms with van der Waals surface area (Å²) in [5, 5.41) is 14.5. The number of fused-ring (bicyclic) bond motifs is 1. The molecule has 0 spiro atoms. The van der Waals surface area contributed by atoms with Crippen molar-refractivity contribution in [1.82, 2.24) is 19.6 Å². The van der Waals surface area contributed by atoms with Crippen molar-refractivity contribution in [3.05, 3.63) is 53.7 Å². The SMILES string of the molecule is OC(CN(c1cc(C(F)(F)F)nc2ncnn12)C1CC1)c1ccc(F)cc1. The van der Waals surface area contributed by atoms with Gasteiger partial charge in [-0.25, -0.2) is 9.37 Å². The number of aromatic nitrogens is 4. The van der Waals surface area contributed by atoms with Crippen LogP contribution in [0.2, 0.25) is 0 Å². The first-order valence-corrected chi connectivity index (χ1v) is 8.31. The normalized spacial score (nSPS) is 15.9. The third-order valence-electron chi connectivity index (χ3n) is 4.43. The van der Waals surface area contributed by atoms with Crippen molar-refractivity contribution in [3.8, 4) is 0 Å². The smallest absolute Gasteiger partial charge is 0.387 e. The molecule has 27 heavy (non-hydrogen) atoms. The number of halogens is 4. The molecular weight excluding hydrogens is 366 g/mol. The van der Waals surface area contributed by atoms with E-state index < -0.39 is 23.8 Å². The first-order chi connectivity index (χ1) is 12.8. The highest BCUT2D eigenvalue weighted by molar-refractivity contribution is 5.50. The van der Waals surface area contributed by atoms with Gasteiger partial charge in [0, 0.05) is 18.7 Å². The summed E-state index contributed by atoms with van der Waals surface area (Å²) in [6.07, 6.45) is -2.93. The Hall–Kier alpha value is -2.75. The van der Waals surface area contributed by atoms with Gasteiger partial charge >= 0.3 is 6.18 Å². The Morgan fingerprint density at radius 3 is 2.56 bits per heavy atom. The molecule has 1 aliphatic rings. The van der Waals surface area contributed by atoms with Crippen LogP contribution in [0.1, 0.15) is 30.2 Å². The number of benzene rings is 1. The van der Waals surface area contributed by atoms with Gasteiger partial charge in [-0.1, -0.05) is 12.1 Å². The highest BCUT2D eigenvalue weighted by Gasteiger charge is 2.37. The maximum absolute atomic E-state index is 13.2. The number of anilines is 1. The maximum Gasteiger partial charge on any atom is 0.433 e. The summed E-state index contributed by atoms with van der Waals surface area (Å²) in [6, 6.07) is 6.24.